The summed E-state index contributed by atoms with van der Waals surface area (Å²) in [7, 11) is 0. The maximum Gasteiger partial charge on any atom is 0.279 e. The van der Waals surface area contributed by atoms with E-state index < -0.39 is 12.0 Å². The lowest BCUT2D eigenvalue weighted by Gasteiger charge is -2.20. The number of carbonyl (C=O) groups is 2. The third-order valence-corrected chi connectivity index (χ3v) is 3.98. The van der Waals surface area contributed by atoms with Crippen LogP contribution in [0.1, 0.15) is 49.2 Å². The molecule has 0 heterocycles. The summed E-state index contributed by atoms with van der Waals surface area (Å²) in [6.07, 6.45) is -0.742. The third-order valence-electron chi connectivity index (χ3n) is 3.98. The Kier molecular flexibility index (Phi) is 6.03. The van der Waals surface area contributed by atoms with Crippen molar-refractivity contribution in [3.8, 4) is 5.75 Å². The molecule has 0 aliphatic carbocycles. The standard InChI is InChI=1S/C21H26N2O3/c1-14-7-6-8-16(13-14)20(25)23-22-19(24)15(2)26-18-11-9-17(10-12-18)21(3,4)5/h6-13,15H,1-5H3,(H,22,24)(H,23,25). The second-order valence-corrected chi connectivity index (χ2v) is 7.35. The molecule has 2 aromatic rings. The summed E-state index contributed by atoms with van der Waals surface area (Å²) in [6, 6.07) is 14.8. The van der Waals surface area contributed by atoms with Gasteiger partial charge in [-0.15, -0.1) is 0 Å². The summed E-state index contributed by atoms with van der Waals surface area (Å²) < 4.78 is 5.64. The minimum Gasteiger partial charge on any atom is -0.481 e. The summed E-state index contributed by atoms with van der Waals surface area (Å²) in [5.41, 5.74) is 7.49. The highest BCUT2D eigenvalue weighted by molar-refractivity contribution is 5.95. The van der Waals surface area contributed by atoms with E-state index in [1.54, 1.807) is 25.1 Å². The number of ether oxygens (including phenoxy) is 1. The van der Waals surface area contributed by atoms with E-state index in [0.29, 0.717) is 11.3 Å². The van der Waals surface area contributed by atoms with Crippen LogP contribution in [-0.2, 0) is 10.2 Å². The quantitative estimate of drug-likeness (QED) is 0.826. The first-order valence-electron chi connectivity index (χ1n) is 8.61. The Morgan fingerprint density at radius 3 is 2.23 bits per heavy atom. The van der Waals surface area contributed by atoms with Crippen molar-refractivity contribution in [2.75, 3.05) is 0 Å². The first kappa shape index (κ1) is 19.5. The molecule has 1 atom stereocenters. The lowest BCUT2D eigenvalue weighted by Crippen LogP contribution is -2.47. The van der Waals surface area contributed by atoms with E-state index in [1.807, 2.05) is 37.3 Å². The van der Waals surface area contributed by atoms with E-state index in [0.717, 1.165) is 5.56 Å². The SMILES string of the molecule is Cc1cccc(C(=O)NNC(=O)C(C)Oc2ccc(C(C)(C)C)cc2)c1. The van der Waals surface area contributed by atoms with Gasteiger partial charge in [-0.05, 0) is 49.1 Å². The van der Waals surface area contributed by atoms with Gasteiger partial charge in [-0.3, -0.25) is 20.4 Å². The fourth-order valence-corrected chi connectivity index (χ4v) is 2.37. The molecular formula is C21H26N2O3. The van der Waals surface area contributed by atoms with E-state index in [9.17, 15) is 9.59 Å². The number of carbonyl (C=O) groups excluding carboxylic acids is 2. The molecule has 1 unspecified atom stereocenters. The molecule has 0 aliphatic heterocycles. The summed E-state index contributed by atoms with van der Waals surface area (Å²) in [5, 5.41) is 0. The van der Waals surface area contributed by atoms with E-state index >= 15 is 0 Å². The van der Waals surface area contributed by atoms with Crippen LogP contribution in [0.5, 0.6) is 5.75 Å². The number of hydrazine groups is 1. The fourth-order valence-electron chi connectivity index (χ4n) is 2.37. The van der Waals surface area contributed by atoms with Gasteiger partial charge in [-0.25, -0.2) is 0 Å². The Morgan fingerprint density at radius 2 is 1.65 bits per heavy atom. The van der Waals surface area contributed by atoms with Gasteiger partial charge in [0.25, 0.3) is 11.8 Å². The zero-order valence-electron chi connectivity index (χ0n) is 15.9. The molecule has 2 amide bonds. The van der Waals surface area contributed by atoms with Gasteiger partial charge in [-0.1, -0.05) is 50.6 Å². The van der Waals surface area contributed by atoms with Crippen molar-refractivity contribution in [2.24, 2.45) is 0 Å². The number of aryl methyl sites for hydroxylation is 1. The van der Waals surface area contributed by atoms with Crippen molar-refractivity contribution in [1.82, 2.24) is 10.9 Å². The summed E-state index contributed by atoms with van der Waals surface area (Å²) >= 11 is 0. The van der Waals surface area contributed by atoms with Crippen LogP contribution in [0.4, 0.5) is 0 Å². The molecule has 2 N–H and O–H groups in total. The van der Waals surface area contributed by atoms with Crippen molar-refractivity contribution in [2.45, 2.75) is 46.1 Å². The van der Waals surface area contributed by atoms with Crippen LogP contribution in [-0.4, -0.2) is 17.9 Å². The molecule has 2 aromatic carbocycles. The molecule has 5 nitrogen and oxygen atoms in total. The molecule has 0 spiro atoms. The third kappa shape index (κ3) is 5.34. The van der Waals surface area contributed by atoms with Crippen LogP contribution in [0.2, 0.25) is 0 Å². The van der Waals surface area contributed by atoms with Crippen molar-refractivity contribution < 1.29 is 14.3 Å². The highest BCUT2D eigenvalue weighted by Gasteiger charge is 2.17. The lowest BCUT2D eigenvalue weighted by atomic mass is 9.87. The second-order valence-electron chi connectivity index (χ2n) is 7.35. The van der Waals surface area contributed by atoms with Crippen LogP contribution in [0.3, 0.4) is 0 Å². The van der Waals surface area contributed by atoms with Gasteiger partial charge in [0.15, 0.2) is 6.10 Å². The molecule has 5 heteroatoms. The van der Waals surface area contributed by atoms with E-state index in [-0.39, 0.29) is 11.3 Å². The topological polar surface area (TPSA) is 67.4 Å². The summed E-state index contributed by atoms with van der Waals surface area (Å²) in [4.78, 5) is 24.2. The molecule has 0 bridgehead atoms. The van der Waals surface area contributed by atoms with Gasteiger partial charge in [0, 0.05) is 5.56 Å². The normalized spacial score (nSPS) is 12.2. The molecule has 26 heavy (non-hydrogen) atoms. The molecule has 0 saturated heterocycles. The van der Waals surface area contributed by atoms with Gasteiger partial charge < -0.3 is 4.74 Å². The molecule has 0 radical (unpaired) electrons. The minimum absolute atomic E-state index is 0.0571. The molecule has 0 aliphatic rings. The van der Waals surface area contributed by atoms with Crippen molar-refractivity contribution >= 4 is 11.8 Å². The smallest absolute Gasteiger partial charge is 0.279 e. The summed E-state index contributed by atoms with van der Waals surface area (Å²) in [6.45, 7) is 9.93. The maximum atomic E-state index is 12.1. The van der Waals surface area contributed by atoms with E-state index in [2.05, 4.69) is 31.6 Å². The molecule has 0 aromatic heterocycles. The van der Waals surface area contributed by atoms with E-state index in [4.69, 9.17) is 4.74 Å². The van der Waals surface area contributed by atoms with Crippen LogP contribution in [0.15, 0.2) is 48.5 Å². The van der Waals surface area contributed by atoms with Crippen LogP contribution in [0, 0.1) is 6.92 Å². The molecule has 138 valence electrons. The Hall–Kier alpha value is -2.82. The number of hydrogen-bond acceptors (Lipinski definition) is 3. The molecule has 2 rings (SSSR count). The van der Waals surface area contributed by atoms with Crippen LogP contribution in [0.25, 0.3) is 0 Å². The predicted molar refractivity (Wildman–Crippen MR) is 102 cm³/mol. The maximum absolute atomic E-state index is 12.1. The van der Waals surface area contributed by atoms with Gasteiger partial charge in [0.05, 0.1) is 0 Å². The molecular weight excluding hydrogens is 328 g/mol. The number of hydrogen-bond donors (Lipinski definition) is 2. The first-order chi connectivity index (χ1) is 12.2. The van der Waals surface area contributed by atoms with Crippen LogP contribution >= 0.6 is 0 Å². The van der Waals surface area contributed by atoms with Gasteiger partial charge in [-0.2, -0.15) is 0 Å². The average molecular weight is 354 g/mol. The minimum atomic E-state index is -0.742. The number of rotatable bonds is 4. The molecule has 0 saturated carbocycles. The highest BCUT2D eigenvalue weighted by Crippen LogP contribution is 2.24. The Labute approximate surface area is 154 Å². The van der Waals surface area contributed by atoms with Gasteiger partial charge in [0.2, 0.25) is 0 Å². The average Bonchev–Trinajstić information content (AvgIpc) is 2.59. The van der Waals surface area contributed by atoms with Crippen LogP contribution < -0.4 is 15.6 Å². The summed E-state index contributed by atoms with van der Waals surface area (Å²) in [5.74, 6) is -0.194. The van der Waals surface area contributed by atoms with E-state index in [1.165, 1.54) is 5.56 Å². The highest BCUT2D eigenvalue weighted by atomic mass is 16.5. The largest absolute Gasteiger partial charge is 0.481 e. The monoisotopic (exact) mass is 354 g/mol. The number of benzene rings is 2. The zero-order chi connectivity index (χ0) is 19.3. The number of amides is 2. The first-order valence-corrected chi connectivity index (χ1v) is 8.61. The number of nitrogens with one attached hydrogen (secondary N) is 2. The second kappa shape index (κ2) is 8.04. The van der Waals surface area contributed by atoms with Gasteiger partial charge >= 0.3 is 0 Å². The van der Waals surface area contributed by atoms with Crippen molar-refractivity contribution in [3.63, 3.8) is 0 Å². The predicted octanol–water partition coefficient (Wildman–Crippen LogP) is 3.52. The Morgan fingerprint density at radius 1 is 1.00 bits per heavy atom. The molecule has 0 fully saturated rings. The van der Waals surface area contributed by atoms with Crippen molar-refractivity contribution in [1.29, 1.82) is 0 Å². The Bertz CT molecular complexity index is 777. The fraction of sp³-hybridized carbons (Fsp3) is 0.333. The van der Waals surface area contributed by atoms with Crippen molar-refractivity contribution in [3.05, 3.63) is 65.2 Å². The van der Waals surface area contributed by atoms with Gasteiger partial charge in [0.1, 0.15) is 5.75 Å². The zero-order valence-corrected chi connectivity index (χ0v) is 15.9. The Balaban J connectivity index is 1.88. The lowest BCUT2D eigenvalue weighted by molar-refractivity contribution is -0.128.